The summed E-state index contributed by atoms with van der Waals surface area (Å²) in [7, 11) is 0. The molecule has 0 aromatic heterocycles. The van der Waals surface area contributed by atoms with Gasteiger partial charge in [0.1, 0.15) is 0 Å². The van der Waals surface area contributed by atoms with E-state index in [-0.39, 0.29) is 5.78 Å². The van der Waals surface area contributed by atoms with Crippen molar-refractivity contribution in [3.05, 3.63) is 34.9 Å². The number of aryl methyl sites for hydroxylation is 2. The van der Waals surface area contributed by atoms with Gasteiger partial charge >= 0.3 is 5.97 Å². The van der Waals surface area contributed by atoms with Crippen LogP contribution < -0.4 is 0 Å². The fraction of sp³-hybridized carbons (Fsp3) is 0.556. The summed E-state index contributed by atoms with van der Waals surface area (Å²) in [6.07, 6.45) is 1.27. The lowest BCUT2D eigenvalue weighted by molar-refractivity contribution is -0.145. The second-order valence-electron chi connectivity index (χ2n) is 6.64. The van der Waals surface area contributed by atoms with Crippen molar-refractivity contribution in [2.24, 2.45) is 23.7 Å². The molecule has 4 atom stereocenters. The molecule has 0 radical (unpaired) electrons. The van der Waals surface area contributed by atoms with Crippen molar-refractivity contribution in [3.8, 4) is 0 Å². The number of benzene rings is 1. The zero-order valence-electron chi connectivity index (χ0n) is 14.0. The third kappa shape index (κ3) is 5.14. The molecule has 0 heterocycles. The van der Waals surface area contributed by atoms with E-state index in [1.165, 1.54) is 0 Å². The van der Waals surface area contributed by atoms with E-state index in [1.54, 1.807) is 0 Å². The Morgan fingerprint density at radius 2 is 1.52 bits per heavy atom. The van der Waals surface area contributed by atoms with E-state index >= 15 is 0 Å². The van der Waals surface area contributed by atoms with Crippen LogP contribution in [0.4, 0.5) is 0 Å². The van der Waals surface area contributed by atoms with Gasteiger partial charge in [-0.3, -0.25) is 9.59 Å². The Morgan fingerprint density at radius 1 is 1.00 bits per heavy atom. The molecule has 0 saturated heterocycles. The number of carboxylic acid groups (broad SMARTS) is 1. The number of rotatable bonds is 3. The predicted octanol–water partition coefficient (Wildman–Crippen LogP) is 5.64. The molecule has 1 aromatic rings. The molecule has 1 fully saturated rings. The molecule has 23 heavy (non-hydrogen) atoms. The van der Waals surface area contributed by atoms with Gasteiger partial charge in [0.25, 0.3) is 0 Å². The Balaban J connectivity index is 0.00000127. The quantitative estimate of drug-likeness (QED) is 0.398. The van der Waals surface area contributed by atoms with Crippen LogP contribution >= 0.6 is 37.2 Å². The number of hydrogen-bond donors (Lipinski definition) is 1. The first-order chi connectivity index (χ1) is 10.8. The SMILES string of the molecule is Cc1ccc(C(=O)C2CC(C)C(C)CC2C(=O)O)cc1C.II. The standard InChI is InChI=1S/C18H24O3.I2/c1-10-5-6-14(7-11(10)2)17(19)15-8-12(3)13(4)9-16(15)18(20)21;1-2/h5-7,12-13,15-16H,8-9H2,1-4H3,(H,20,21);. The number of carboxylic acids is 1. The molecule has 2 rings (SSSR count). The summed E-state index contributed by atoms with van der Waals surface area (Å²) in [5.74, 6) is -1.04. The lowest BCUT2D eigenvalue weighted by Gasteiger charge is -2.36. The second kappa shape index (κ2) is 9.34. The minimum absolute atomic E-state index is 0.00995. The van der Waals surface area contributed by atoms with Crippen LogP contribution in [0.1, 0.15) is 48.2 Å². The molecule has 1 N–H and O–H groups in total. The highest BCUT2D eigenvalue weighted by atomic mass is 128. The van der Waals surface area contributed by atoms with Crippen molar-refractivity contribution < 1.29 is 14.7 Å². The largest absolute Gasteiger partial charge is 0.481 e. The Kier molecular flexibility index (Phi) is 8.47. The minimum atomic E-state index is -0.837. The van der Waals surface area contributed by atoms with Crippen LogP contribution in [0.5, 0.6) is 0 Å². The Bertz CT molecular complexity index is 571. The first kappa shape index (κ1) is 20.9. The van der Waals surface area contributed by atoms with E-state index in [1.807, 2.05) is 32.0 Å². The van der Waals surface area contributed by atoms with Gasteiger partial charge in [0.05, 0.1) is 5.92 Å². The highest BCUT2D eigenvalue weighted by molar-refractivity contribution is 15.0. The highest BCUT2D eigenvalue weighted by Crippen LogP contribution is 2.39. The van der Waals surface area contributed by atoms with Gasteiger partial charge in [0, 0.05) is 48.7 Å². The smallest absolute Gasteiger partial charge is 0.307 e. The van der Waals surface area contributed by atoms with E-state index in [9.17, 15) is 14.7 Å². The van der Waals surface area contributed by atoms with Crippen LogP contribution in [-0.4, -0.2) is 16.9 Å². The van der Waals surface area contributed by atoms with Crippen molar-refractivity contribution in [3.63, 3.8) is 0 Å². The predicted molar refractivity (Wildman–Crippen MR) is 110 cm³/mol. The van der Waals surface area contributed by atoms with Crippen LogP contribution in [0.3, 0.4) is 0 Å². The zero-order valence-corrected chi connectivity index (χ0v) is 18.3. The third-order valence-electron chi connectivity index (χ3n) is 5.15. The Hall–Kier alpha value is -0.180. The minimum Gasteiger partial charge on any atom is -0.481 e. The number of Topliss-reactive ketones (excluding diaryl/α,β-unsaturated/α-hetero) is 1. The molecule has 1 aliphatic rings. The first-order valence-corrected chi connectivity index (χ1v) is 14.1. The number of carbonyl (C=O) groups is 2. The van der Waals surface area contributed by atoms with Crippen molar-refractivity contribution >= 4 is 49.0 Å². The van der Waals surface area contributed by atoms with E-state index < -0.39 is 17.8 Å². The molecular weight excluding hydrogens is 518 g/mol. The van der Waals surface area contributed by atoms with Crippen molar-refractivity contribution in [1.29, 1.82) is 0 Å². The Morgan fingerprint density at radius 3 is 2.00 bits per heavy atom. The number of ketones is 1. The van der Waals surface area contributed by atoms with E-state index in [4.69, 9.17) is 0 Å². The van der Waals surface area contributed by atoms with Crippen LogP contribution in [0.25, 0.3) is 0 Å². The number of hydrogen-bond acceptors (Lipinski definition) is 2. The molecule has 0 aliphatic heterocycles. The topological polar surface area (TPSA) is 54.4 Å². The summed E-state index contributed by atoms with van der Waals surface area (Å²) in [5, 5.41) is 9.45. The second-order valence-corrected chi connectivity index (χ2v) is 6.64. The van der Waals surface area contributed by atoms with Gasteiger partial charge in [0.15, 0.2) is 5.78 Å². The Labute approximate surface area is 161 Å². The fourth-order valence-electron chi connectivity index (χ4n) is 3.27. The molecule has 5 heteroatoms. The van der Waals surface area contributed by atoms with Gasteiger partial charge < -0.3 is 5.11 Å². The van der Waals surface area contributed by atoms with Crippen molar-refractivity contribution in [1.82, 2.24) is 0 Å². The van der Waals surface area contributed by atoms with Crippen molar-refractivity contribution in [2.75, 3.05) is 0 Å². The molecule has 1 aromatic carbocycles. The van der Waals surface area contributed by atoms with Crippen LogP contribution in [0.15, 0.2) is 18.2 Å². The van der Waals surface area contributed by atoms with E-state index in [0.29, 0.717) is 30.2 Å². The monoisotopic (exact) mass is 542 g/mol. The average molecular weight is 542 g/mol. The molecular formula is C18H24I2O3. The lowest BCUT2D eigenvalue weighted by atomic mass is 9.67. The number of halogens is 2. The van der Waals surface area contributed by atoms with Gasteiger partial charge in [-0.1, -0.05) is 26.0 Å². The van der Waals surface area contributed by atoms with E-state index in [0.717, 1.165) is 11.1 Å². The van der Waals surface area contributed by atoms with Crippen LogP contribution in [0.2, 0.25) is 0 Å². The molecule has 1 saturated carbocycles. The first-order valence-electron chi connectivity index (χ1n) is 7.79. The van der Waals surface area contributed by atoms with Gasteiger partial charge in [-0.25, -0.2) is 0 Å². The summed E-state index contributed by atoms with van der Waals surface area (Å²) in [5.41, 5.74) is 2.87. The number of carbonyl (C=O) groups excluding carboxylic acids is 1. The molecule has 3 nitrogen and oxygen atoms in total. The maximum Gasteiger partial charge on any atom is 0.307 e. The van der Waals surface area contributed by atoms with E-state index in [2.05, 4.69) is 51.1 Å². The average Bonchev–Trinajstić information content (AvgIpc) is 2.53. The van der Waals surface area contributed by atoms with Crippen LogP contribution in [-0.2, 0) is 4.79 Å². The molecule has 0 amide bonds. The van der Waals surface area contributed by atoms with Gasteiger partial charge in [-0.05, 0) is 55.7 Å². The van der Waals surface area contributed by atoms with Gasteiger partial charge in [-0.15, -0.1) is 0 Å². The van der Waals surface area contributed by atoms with Crippen molar-refractivity contribution in [2.45, 2.75) is 40.5 Å². The van der Waals surface area contributed by atoms with Gasteiger partial charge in [0.2, 0.25) is 0 Å². The molecule has 4 unspecified atom stereocenters. The number of aliphatic carboxylic acids is 1. The molecule has 1 aliphatic carbocycles. The summed E-state index contributed by atoms with van der Waals surface area (Å²) in [4.78, 5) is 24.3. The molecule has 128 valence electrons. The maximum absolute atomic E-state index is 12.8. The summed E-state index contributed by atoms with van der Waals surface area (Å²) >= 11 is 4.24. The lowest BCUT2D eigenvalue weighted by Crippen LogP contribution is -2.38. The fourth-order valence-corrected chi connectivity index (χ4v) is 3.27. The summed E-state index contributed by atoms with van der Waals surface area (Å²) in [6.45, 7) is 8.18. The summed E-state index contributed by atoms with van der Waals surface area (Å²) in [6, 6.07) is 5.65. The highest BCUT2D eigenvalue weighted by Gasteiger charge is 2.41. The van der Waals surface area contributed by atoms with Gasteiger partial charge in [-0.2, -0.15) is 0 Å². The summed E-state index contributed by atoms with van der Waals surface area (Å²) < 4.78 is 0. The maximum atomic E-state index is 12.8. The zero-order chi connectivity index (χ0) is 17.7. The normalized spacial score (nSPS) is 26.9. The van der Waals surface area contributed by atoms with Crippen LogP contribution in [0, 0.1) is 37.5 Å². The third-order valence-corrected chi connectivity index (χ3v) is 5.15. The molecule has 0 spiro atoms. The molecule has 0 bridgehead atoms.